The van der Waals surface area contributed by atoms with Crippen LogP contribution in [0.4, 0.5) is 5.69 Å². The molecular weight excluding hydrogens is 276 g/mol. The summed E-state index contributed by atoms with van der Waals surface area (Å²) in [7, 11) is 1.57. The number of thioether (sulfide) groups is 1. The zero-order chi connectivity index (χ0) is 14.5. The predicted octanol–water partition coefficient (Wildman–Crippen LogP) is 2.24. The first-order valence-corrected chi connectivity index (χ1v) is 6.97. The number of ether oxygens (including phenoxy) is 1. The number of H-pyrrole nitrogens is 1. The molecule has 1 amide bonds. The summed E-state index contributed by atoms with van der Waals surface area (Å²) >= 11 is 1.30. The van der Waals surface area contributed by atoms with Crippen LogP contribution in [-0.2, 0) is 4.79 Å². The summed E-state index contributed by atoms with van der Waals surface area (Å²) in [4.78, 5) is 16.3. The lowest BCUT2D eigenvalue weighted by Crippen LogP contribution is -2.22. The van der Waals surface area contributed by atoms with Crippen LogP contribution in [-0.4, -0.2) is 33.4 Å². The zero-order valence-corrected chi connectivity index (χ0v) is 12.3. The monoisotopic (exact) mass is 292 g/mol. The highest BCUT2D eigenvalue weighted by Gasteiger charge is 2.18. The van der Waals surface area contributed by atoms with E-state index in [4.69, 9.17) is 4.74 Å². The minimum Gasteiger partial charge on any atom is -0.495 e. The Morgan fingerprint density at radius 3 is 2.85 bits per heavy atom. The molecule has 106 valence electrons. The Balaban J connectivity index is 2.00. The molecule has 0 fully saturated rings. The van der Waals surface area contributed by atoms with Gasteiger partial charge in [-0.15, -0.1) is 5.10 Å². The van der Waals surface area contributed by atoms with E-state index < -0.39 is 0 Å². The number of anilines is 1. The number of nitrogens with zero attached hydrogens (tertiary/aromatic N) is 2. The summed E-state index contributed by atoms with van der Waals surface area (Å²) in [5.41, 5.74) is 0.651. The van der Waals surface area contributed by atoms with Crippen molar-refractivity contribution in [3.63, 3.8) is 0 Å². The third-order valence-electron chi connectivity index (χ3n) is 2.59. The van der Waals surface area contributed by atoms with Gasteiger partial charge < -0.3 is 10.1 Å². The lowest BCUT2D eigenvalue weighted by Gasteiger charge is -2.12. The van der Waals surface area contributed by atoms with Crippen LogP contribution in [0.3, 0.4) is 0 Å². The Hall–Kier alpha value is -2.02. The molecule has 0 saturated heterocycles. The van der Waals surface area contributed by atoms with Crippen molar-refractivity contribution in [2.75, 3.05) is 12.4 Å². The molecule has 7 heteroatoms. The van der Waals surface area contributed by atoms with E-state index in [0.717, 1.165) is 5.82 Å². The van der Waals surface area contributed by atoms with Gasteiger partial charge >= 0.3 is 0 Å². The second-order valence-corrected chi connectivity index (χ2v) is 5.46. The van der Waals surface area contributed by atoms with Gasteiger partial charge in [0.15, 0.2) is 0 Å². The van der Waals surface area contributed by atoms with E-state index in [9.17, 15) is 4.79 Å². The Bertz CT molecular complexity index is 600. The fraction of sp³-hybridized carbons (Fsp3) is 0.308. The van der Waals surface area contributed by atoms with Gasteiger partial charge in [0.05, 0.1) is 18.0 Å². The molecule has 2 aromatic rings. The summed E-state index contributed by atoms with van der Waals surface area (Å²) < 4.78 is 5.20. The number of para-hydroxylation sites is 2. The van der Waals surface area contributed by atoms with E-state index in [1.165, 1.54) is 11.8 Å². The summed E-state index contributed by atoms with van der Waals surface area (Å²) in [6, 6.07) is 7.29. The summed E-state index contributed by atoms with van der Waals surface area (Å²) in [6.07, 6.45) is 0. The first-order valence-electron chi connectivity index (χ1n) is 6.09. The molecule has 1 unspecified atom stereocenters. The molecule has 1 heterocycles. The number of benzene rings is 1. The maximum Gasteiger partial charge on any atom is 0.237 e. The lowest BCUT2D eigenvalue weighted by atomic mass is 10.3. The molecule has 1 atom stereocenters. The molecule has 0 spiro atoms. The van der Waals surface area contributed by atoms with Crippen molar-refractivity contribution < 1.29 is 9.53 Å². The predicted molar refractivity (Wildman–Crippen MR) is 78.1 cm³/mol. The largest absolute Gasteiger partial charge is 0.495 e. The fourth-order valence-corrected chi connectivity index (χ4v) is 2.34. The van der Waals surface area contributed by atoms with Gasteiger partial charge in [-0.05, 0) is 26.0 Å². The van der Waals surface area contributed by atoms with E-state index in [2.05, 4.69) is 20.5 Å². The summed E-state index contributed by atoms with van der Waals surface area (Å²) in [5, 5.41) is 9.84. The van der Waals surface area contributed by atoms with E-state index in [0.29, 0.717) is 16.6 Å². The highest BCUT2D eigenvalue weighted by atomic mass is 32.2. The number of rotatable bonds is 5. The van der Waals surface area contributed by atoms with Crippen molar-refractivity contribution in [1.29, 1.82) is 0 Å². The first-order chi connectivity index (χ1) is 9.60. The zero-order valence-electron chi connectivity index (χ0n) is 11.5. The van der Waals surface area contributed by atoms with E-state index in [-0.39, 0.29) is 11.2 Å². The molecule has 20 heavy (non-hydrogen) atoms. The van der Waals surface area contributed by atoms with Gasteiger partial charge in [-0.25, -0.2) is 4.98 Å². The number of carbonyl (C=O) groups is 1. The smallest absolute Gasteiger partial charge is 0.237 e. The average Bonchev–Trinajstić information content (AvgIpc) is 2.84. The number of carbonyl (C=O) groups excluding carboxylic acids is 1. The normalized spacial score (nSPS) is 11.9. The number of aromatic amines is 1. The Morgan fingerprint density at radius 2 is 2.20 bits per heavy atom. The van der Waals surface area contributed by atoms with Crippen molar-refractivity contribution in [1.82, 2.24) is 15.2 Å². The molecule has 1 aromatic heterocycles. The van der Waals surface area contributed by atoms with Crippen molar-refractivity contribution in [3.05, 3.63) is 30.1 Å². The summed E-state index contributed by atoms with van der Waals surface area (Å²) in [5.74, 6) is 1.23. The topological polar surface area (TPSA) is 79.9 Å². The number of methoxy groups -OCH3 is 1. The minimum atomic E-state index is -0.310. The molecule has 2 rings (SSSR count). The maximum absolute atomic E-state index is 12.1. The summed E-state index contributed by atoms with van der Waals surface area (Å²) in [6.45, 7) is 3.62. The number of nitrogens with one attached hydrogen (secondary N) is 2. The molecule has 0 aliphatic rings. The molecule has 1 aromatic carbocycles. The number of hydrogen-bond acceptors (Lipinski definition) is 5. The highest BCUT2D eigenvalue weighted by molar-refractivity contribution is 8.00. The standard InChI is InChI=1S/C13H16N4O2S/c1-8(20-13-14-9(2)16-17-13)12(18)15-10-6-4-5-7-11(10)19-3/h4-8H,1-3H3,(H,15,18)(H,14,16,17). The lowest BCUT2D eigenvalue weighted by molar-refractivity contribution is -0.115. The molecule has 0 saturated carbocycles. The van der Waals surface area contributed by atoms with E-state index >= 15 is 0 Å². The fourth-order valence-electron chi connectivity index (χ4n) is 1.57. The van der Waals surface area contributed by atoms with Gasteiger partial charge in [-0.2, -0.15) is 0 Å². The Labute approximate surface area is 121 Å². The van der Waals surface area contributed by atoms with Crippen LogP contribution in [0.2, 0.25) is 0 Å². The van der Waals surface area contributed by atoms with Crippen LogP contribution in [0.5, 0.6) is 5.75 Å². The third-order valence-corrected chi connectivity index (χ3v) is 3.55. The maximum atomic E-state index is 12.1. The minimum absolute atomic E-state index is 0.123. The second kappa shape index (κ2) is 6.42. The molecule has 0 radical (unpaired) electrons. The number of aromatic nitrogens is 3. The van der Waals surface area contributed by atoms with Gasteiger partial charge in [0.1, 0.15) is 11.6 Å². The molecule has 0 aliphatic carbocycles. The van der Waals surface area contributed by atoms with E-state index in [1.54, 1.807) is 26.2 Å². The van der Waals surface area contributed by atoms with Crippen molar-refractivity contribution in [3.8, 4) is 5.75 Å². The Kier molecular flexibility index (Phi) is 4.62. The van der Waals surface area contributed by atoms with Crippen LogP contribution >= 0.6 is 11.8 Å². The molecular formula is C13H16N4O2S. The SMILES string of the molecule is COc1ccccc1NC(=O)C(C)Sc1n[nH]c(C)n1. The van der Waals surface area contributed by atoms with Gasteiger partial charge in [0.2, 0.25) is 11.1 Å². The van der Waals surface area contributed by atoms with Crippen LogP contribution < -0.4 is 10.1 Å². The van der Waals surface area contributed by atoms with Gasteiger partial charge in [-0.3, -0.25) is 9.89 Å². The van der Waals surface area contributed by atoms with Crippen molar-refractivity contribution in [2.24, 2.45) is 0 Å². The Morgan fingerprint density at radius 1 is 1.45 bits per heavy atom. The number of amides is 1. The second-order valence-electron chi connectivity index (χ2n) is 4.15. The molecule has 6 nitrogen and oxygen atoms in total. The van der Waals surface area contributed by atoms with Crippen molar-refractivity contribution in [2.45, 2.75) is 24.3 Å². The van der Waals surface area contributed by atoms with Gasteiger partial charge in [-0.1, -0.05) is 23.9 Å². The number of hydrogen-bond donors (Lipinski definition) is 2. The van der Waals surface area contributed by atoms with Gasteiger partial charge in [0, 0.05) is 0 Å². The quantitative estimate of drug-likeness (QED) is 0.826. The third kappa shape index (κ3) is 3.51. The van der Waals surface area contributed by atoms with E-state index in [1.807, 2.05) is 19.1 Å². The molecule has 0 bridgehead atoms. The van der Waals surface area contributed by atoms with Crippen LogP contribution in [0.25, 0.3) is 0 Å². The molecule has 2 N–H and O–H groups in total. The van der Waals surface area contributed by atoms with Crippen LogP contribution in [0.15, 0.2) is 29.4 Å². The van der Waals surface area contributed by atoms with Crippen LogP contribution in [0.1, 0.15) is 12.7 Å². The highest BCUT2D eigenvalue weighted by Crippen LogP contribution is 2.25. The molecule has 0 aliphatic heterocycles. The van der Waals surface area contributed by atoms with Crippen LogP contribution in [0, 0.1) is 6.92 Å². The average molecular weight is 292 g/mol. The first kappa shape index (κ1) is 14.4. The number of aryl methyl sites for hydroxylation is 1. The van der Waals surface area contributed by atoms with Crippen molar-refractivity contribution >= 4 is 23.4 Å². The van der Waals surface area contributed by atoms with Gasteiger partial charge in [0.25, 0.3) is 0 Å².